The third kappa shape index (κ3) is 4.75. The molecule has 1 fully saturated rings. The van der Waals surface area contributed by atoms with E-state index in [9.17, 15) is 9.18 Å². The Morgan fingerprint density at radius 2 is 2.04 bits per heavy atom. The lowest BCUT2D eigenvalue weighted by atomic mass is 10.3. The summed E-state index contributed by atoms with van der Waals surface area (Å²) in [7, 11) is 0. The van der Waals surface area contributed by atoms with Gasteiger partial charge >= 0.3 is 0 Å². The third-order valence-corrected chi connectivity index (χ3v) is 4.62. The molecule has 1 aliphatic rings. The fourth-order valence-corrected chi connectivity index (χ4v) is 3.24. The molecule has 0 radical (unpaired) electrons. The van der Waals surface area contributed by atoms with Gasteiger partial charge in [0.05, 0.1) is 11.2 Å². The van der Waals surface area contributed by atoms with Gasteiger partial charge in [-0.2, -0.15) is 0 Å². The largest absolute Gasteiger partial charge is 0.484 e. The first kappa shape index (κ1) is 16.9. The zero-order valence-corrected chi connectivity index (χ0v) is 14.2. The molecule has 1 amide bonds. The van der Waals surface area contributed by atoms with Crippen LogP contribution in [0.1, 0.15) is 12.1 Å². The maximum atomic E-state index is 12.9. The molecule has 0 aliphatic carbocycles. The monoisotopic (exact) mass is 349 g/mol. The summed E-state index contributed by atoms with van der Waals surface area (Å²) in [5.41, 5.74) is 2.93. The Morgan fingerprint density at radius 3 is 2.79 bits per heavy atom. The predicted molar refractivity (Wildman–Crippen MR) is 90.5 cm³/mol. The van der Waals surface area contributed by atoms with Crippen molar-refractivity contribution in [1.29, 1.82) is 0 Å². The molecule has 2 aromatic rings. The number of halogens is 1. The number of thiazole rings is 1. The van der Waals surface area contributed by atoms with Gasteiger partial charge in [0.25, 0.3) is 5.91 Å². The van der Waals surface area contributed by atoms with Crippen LogP contribution in [0, 0.1) is 5.82 Å². The van der Waals surface area contributed by atoms with Crippen molar-refractivity contribution in [3.8, 4) is 5.75 Å². The Labute approximate surface area is 144 Å². The number of carbonyl (C=O) groups excluding carboxylic acids is 1. The second-order valence-electron chi connectivity index (χ2n) is 5.73. The van der Waals surface area contributed by atoms with Crippen molar-refractivity contribution in [2.45, 2.75) is 13.0 Å². The molecule has 0 N–H and O–H groups in total. The van der Waals surface area contributed by atoms with Crippen LogP contribution in [-0.4, -0.2) is 53.5 Å². The van der Waals surface area contributed by atoms with E-state index in [-0.39, 0.29) is 18.3 Å². The molecule has 2 heterocycles. The van der Waals surface area contributed by atoms with Crippen LogP contribution in [0.4, 0.5) is 4.39 Å². The van der Waals surface area contributed by atoms with Crippen LogP contribution in [0.5, 0.6) is 5.75 Å². The molecule has 0 atom stereocenters. The smallest absolute Gasteiger partial charge is 0.260 e. The topological polar surface area (TPSA) is 45.7 Å². The summed E-state index contributed by atoms with van der Waals surface area (Å²) in [6, 6.07) is 5.70. The van der Waals surface area contributed by atoms with E-state index in [1.54, 1.807) is 11.3 Å². The average molecular weight is 349 g/mol. The first-order valence-corrected chi connectivity index (χ1v) is 8.90. The van der Waals surface area contributed by atoms with E-state index in [2.05, 4.69) is 15.3 Å². The Bertz CT molecular complexity index is 648. The molecule has 0 spiro atoms. The average Bonchev–Trinajstić information content (AvgIpc) is 2.98. The SMILES string of the molecule is O=C(COc1ccc(F)cc1)N1CCCN(Cc2cscn2)CC1. The second kappa shape index (κ2) is 8.21. The van der Waals surface area contributed by atoms with Crippen molar-refractivity contribution < 1.29 is 13.9 Å². The first-order chi connectivity index (χ1) is 11.7. The lowest BCUT2D eigenvalue weighted by molar-refractivity contribution is -0.133. The minimum atomic E-state index is -0.318. The van der Waals surface area contributed by atoms with Crippen molar-refractivity contribution in [2.24, 2.45) is 0 Å². The normalized spacial score (nSPS) is 16.0. The molecular weight excluding hydrogens is 329 g/mol. The molecule has 0 unspecified atom stereocenters. The summed E-state index contributed by atoms with van der Waals surface area (Å²) in [6.07, 6.45) is 0.937. The number of amides is 1. The maximum absolute atomic E-state index is 12.9. The Morgan fingerprint density at radius 1 is 1.21 bits per heavy atom. The van der Waals surface area contributed by atoms with Gasteiger partial charge in [0.1, 0.15) is 11.6 Å². The maximum Gasteiger partial charge on any atom is 0.260 e. The van der Waals surface area contributed by atoms with Gasteiger partial charge in [0, 0.05) is 38.1 Å². The summed E-state index contributed by atoms with van der Waals surface area (Å²) < 4.78 is 18.3. The molecule has 3 rings (SSSR count). The van der Waals surface area contributed by atoms with Gasteiger partial charge in [-0.3, -0.25) is 9.69 Å². The van der Waals surface area contributed by atoms with E-state index < -0.39 is 0 Å². The molecule has 1 aliphatic heterocycles. The van der Waals surface area contributed by atoms with Gasteiger partial charge in [-0.25, -0.2) is 9.37 Å². The number of ether oxygens (including phenoxy) is 1. The lowest BCUT2D eigenvalue weighted by Gasteiger charge is -2.21. The number of carbonyl (C=O) groups is 1. The number of aromatic nitrogens is 1. The van der Waals surface area contributed by atoms with Crippen molar-refractivity contribution in [2.75, 3.05) is 32.8 Å². The quantitative estimate of drug-likeness (QED) is 0.832. The third-order valence-electron chi connectivity index (χ3n) is 3.99. The van der Waals surface area contributed by atoms with Gasteiger partial charge in [-0.05, 0) is 30.7 Å². The van der Waals surface area contributed by atoms with Crippen LogP contribution in [0.3, 0.4) is 0 Å². The molecule has 1 aromatic heterocycles. The van der Waals surface area contributed by atoms with Crippen molar-refractivity contribution >= 4 is 17.2 Å². The molecule has 5 nitrogen and oxygen atoms in total. The lowest BCUT2D eigenvalue weighted by Crippen LogP contribution is -2.38. The standard InChI is InChI=1S/C17H20FN3O2S/c18-14-2-4-16(5-3-14)23-11-17(22)21-7-1-6-20(8-9-21)10-15-12-24-13-19-15/h2-5,12-13H,1,6-11H2. The van der Waals surface area contributed by atoms with E-state index in [0.717, 1.165) is 38.3 Å². The fraction of sp³-hybridized carbons (Fsp3) is 0.412. The van der Waals surface area contributed by atoms with Crippen molar-refractivity contribution in [3.63, 3.8) is 0 Å². The van der Waals surface area contributed by atoms with E-state index in [4.69, 9.17) is 4.74 Å². The number of hydrogen-bond donors (Lipinski definition) is 0. The van der Waals surface area contributed by atoms with Crippen LogP contribution in [0.15, 0.2) is 35.2 Å². The molecule has 0 saturated carbocycles. The first-order valence-electron chi connectivity index (χ1n) is 7.96. The highest BCUT2D eigenvalue weighted by molar-refractivity contribution is 7.07. The molecular formula is C17H20FN3O2S. The summed E-state index contributed by atoms with van der Waals surface area (Å²) >= 11 is 1.60. The fourth-order valence-electron chi connectivity index (χ4n) is 2.69. The number of benzene rings is 1. The minimum absolute atomic E-state index is 0.0162. The van der Waals surface area contributed by atoms with Gasteiger partial charge in [-0.15, -0.1) is 11.3 Å². The van der Waals surface area contributed by atoms with E-state index >= 15 is 0 Å². The van der Waals surface area contributed by atoms with Crippen molar-refractivity contribution in [3.05, 3.63) is 46.7 Å². The number of hydrogen-bond acceptors (Lipinski definition) is 5. The predicted octanol–water partition coefficient (Wildman–Crippen LogP) is 2.40. The summed E-state index contributed by atoms with van der Waals surface area (Å²) in [6.45, 7) is 4.03. The molecule has 128 valence electrons. The molecule has 7 heteroatoms. The summed E-state index contributed by atoms with van der Waals surface area (Å²) in [5.74, 6) is 0.154. The summed E-state index contributed by atoms with van der Waals surface area (Å²) in [5, 5.41) is 2.06. The summed E-state index contributed by atoms with van der Waals surface area (Å²) in [4.78, 5) is 20.8. The molecule has 24 heavy (non-hydrogen) atoms. The number of rotatable bonds is 5. The van der Waals surface area contributed by atoms with Crippen LogP contribution >= 0.6 is 11.3 Å². The minimum Gasteiger partial charge on any atom is -0.484 e. The van der Waals surface area contributed by atoms with E-state index in [1.807, 2.05) is 10.4 Å². The Balaban J connectivity index is 1.46. The van der Waals surface area contributed by atoms with Crippen molar-refractivity contribution in [1.82, 2.24) is 14.8 Å². The highest BCUT2D eigenvalue weighted by Gasteiger charge is 2.19. The highest BCUT2D eigenvalue weighted by atomic mass is 32.1. The number of nitrogens with zero attached hydrogens (tertiary/aromatic N) is 3. The molecule has 1 saturated heterocycles. The Hall–Kier alpha value is -1.99. The van der Waals surface area contributed by atoms with Crippen LogP contribution in [0.25, 0.3) is 0 Å². The van der Waals surface area contributed by atoms with Gasteiger partial charge < -0.3 is 9.64 Å². The van der Waals surface area contributed by atoms with E-state index in [1.165, 1.54) is 24.3 Å². The van der Waals surface area contributed by atoms with Crippen LogP contribution in [0.2, 0.25) is 0 Å². The van der Waals surface area contributed by atoms with E-state index in [0.29, 0.717) is 12.3 Å². The Kier molecular flexibility index (Phi) is 5.77. The molecule has 0 bridgehead atoms. The van der Waals surface area contributed by atoms with Crippen LogP contribution in [-0.2, 0) is 11.3 Å². The highest BCUT2D eigenvalue weighted by Crippen LogP contribution is 2.12. The zero-order valence-electron chi connectivity index (χ0n) is 13.4. The molecule has 1 aromatic carbocycles. The van der Waals surface area contributed by atoms with Gasteiger partial charge in [0.15, 0.2) is 6.61 Å². The van der Waals surface area contributed by atoms with Crippen LogP contribution < -0.4 is 4.74 Å². The van der Waals surface area contributed by atoms with Gasteiger partial charge in [0.2, 0.25) is 0 Å². The second-order valence-corrected chi connectivity index (χ2v) is 6.45. The zero-order chi connectivity index (χ0) is 16.8. The van der Waals surface area contributed by atoms with Gasteiger partial charge in [-0.1, -0.05) is 0 Å².